The highest BCUT2D eigenvalue weighted by Gasteiger charge is 2.12. The molecule has 1 rings (SSSR count). The molecule has 0 saturated carbocycles. The molecule has 1 heterocycles. The second-order valence-electron chi connectivity index (χ2n) is 2.66. The number of nitrogens with zero attached hydrogens (tertiary/aromatic N) is 3. The van der Waals surface area contributed by atoms with Gasteiger partial charge in [-0.3, -0.25) is 0 Å². The molecule has 2 N–H and O–H groups in total. The summed E-state index contributed by atoms with van der Waals surface area (Å²) in [6, 6.07) is 0.0332. The van der Waals surface area contributed by atoms with E-state index in [1.807, 2.05) is 6.92 Å². The Labute approximate surface area is 87.8 Å². The Hall–Kier alpha value is -1.14. The van der Waals surface area contributed by atoms with Crippen molar-refractivity contribution in [2.45, 2.75) is 13.0 Å². The highest BCUT2D eigenvalue weighted by atomic mass is 35.5. The molecular weight excluding hydrogens is 208 g/mol. The van der Waals surface area contributed by atoms with Crippen molar-refractivity contribution in [1.82, 2.24) is 15.0 Å². The SMILES string of the molecule is COC(=O)c1cn([C@@H](C)CN)nn1.Cl. The van der Waals surface area contributed by atoms with Crippen LogP contribution < -0.4 is 5.73 Å². The van der Waals surface area contributed by atoms with E-state index in [2.05, 4.69) is 15.0 Å². The average Bonchev–Trinajstić information content (AvgIpc) is 2.64. The standard InChI is InChI=1S/C7H12N4O2.ClH/c1-5(3-8)11-4-6(9-10-11)7(12)13-2;/h4-5H,3,8H2,1-2H3;1H/t5-;/m0./s1. The lowest BCUT2D eigenvalue weighted by Crippen LogP contribution is -2.16. The number of halogens is 1. The first-order valence-corrected chi connectivity index (χ1v) is 3.89. The fourth-order valence-electron chi connectivity index (χ4n) is 0.798. The van der Waals surface area contributed by atoms with Crippen LogP contribution in [0.5, 0.6) is 0 Å². The molecule has 14 heavy (non-hydrogen) atoms. The van der Waals surface area contributed by atoms with E-state index in [0.717, 1.165) is 0 Å². The zero-order valence-corrected chi connectivity index (χ0v) is 8.82. The largest absolute Gasteiger partial charge is 0.464 e. The van der Waals surface area contributed by atoms with E-state index in [9.17, 15) is 4.79 Å². The van der Waals surface area contributed by atoms with E-state index in [4.69, 9.17) is 5.73 Å². The van der Waals surface area contributed by atoms with E-state index in [1.54, 1.807) is 0 Å². The lowest BCUT2D eigenvalue weighted by atomic mass is 10.3. The van der Waals surface area contributed by atoms with Crippen molar-refractivity contribution < 1.29 is 9.53 Å². The quantitative estimate of drug-likeness (QED) is 0.726. The molecule has 0 amide bonds. The second kappa shape index (κ2) is 5.56. The number of aromatic nitrogens is 3. The maximum atomic E-state index is 11.0. The molecule has 6 nitrogen and oxygen atoms in total. The van der Waals surface area contributed by atoms with Gasteiger partial charge in [-0.15, -0.1) is 17.5 Å². The molecule has 80 valence electrons. The van der Waals surface area contributed by atoms with E-state index in [-0.39, 0.29) is 24.1 Å². The Morgan fingerprint density at radius 3 is 2.93 bits per heavy atom. The number of ether oxygens (including phenoxy) is 1. The summed E-state index contributed by atoms with van der Waals surface area (Å²) >= 11 is 0. The Balaban J connectivity index is 0.00000169. The van der Waals surface area contributed by atoms with Crippen LogP contribution >= 0.6 is 12.4 Å². The molecule has 0 bridgehead atoms. The maximum absolute atomic E-state index is 11.0. The number of hydrogen-bond acceptors (Lipinski definition) is 5. The van der Waals surface area contributed by atoms with Crippen molar-refractivity contribution in [3.05, 3.63) is 11.9 Å². The van der Waals surface area contributed by atoms with Crippen LogP contribution in [-0.2, 0) is 4.74 Å². The van der Waals surface area contributed by atoms with Crippen molar-refractivity contribution >= 4 is 18.4 Å². The Kier molecular flexibility index (Phi) is 5.11. The normalized spacial score (nSPS) is 11.6. The van der Waals surface area contributed by atoms with Crippen LogP contribution in [-0.4, -0.2) is 34.6 Å². The van der Waals surface area contributed by atoms with Gasteiger partial charge in [0.1, 0.15) is 0 Å². The first-order valence-electron chi connectivity index (χ1n) is 3.89. The van der Waals surface area contributed by atoms with Gasteiger partial charge in [0.05, 0.1) is 19.3 Å². The van der Waals surface area contributed by atoms with Gasteiger partial charge in [-0.05, 0) is 6.92 Å². The van der Waals surface area contributed by atoms with Crippen LogP contribution in [0.3, 0.4) is 0 Å². The molecule has 0 aliphatic carbocycles. The predicted octanol–water partition coefficient (Wildman–Crippen LogP) is 0.00620. The first kappa shape index (κ1) is 12.9. The van der Waals surface area contributed by atoms with Gasteiger partial charge in [0, 0.05) is 6.54 Å². The third-order valence-electron chi connectivity index (χ3n) is 1.70. The highest BCUT2D eigenvalue weighted by molar-refractivity contribution is 5.86. The Morgan fingerprint density at radius 2 is 2.43 bits per heavy atom. The van der Waals surface area contributed by atoms with E-state index >= 15 is 0 Å². The third-order valence-corrected chi connectivity index (χ3v) is 1.70. The molecule has 0 radical (unpaired) electrons. The number of methoxy groups -OCH3 is 1. The molecule has 1 aromatic rings. The summed E-state index contributed by atoms with van der Waals surface area (Å²) in [6.07, 6.45) is 1.52. The van der Waals surface area contributed by atoms with E-state index in [0.29, 0.717) is 6.54 Å². The van der Waals surface area contributed by atoms with Crippen LogP contribution in [0, 0.1) is 0 Å². The monoisotopic (exact) mass is 220 g/mol. The van der Waals surface area contributed by atoms with Gasteiger partial charge in [0.25, 0.3) is 0 Å². The van der Waals surface area contributed by atoms with Gasteiger partial charge >= 0.3 is 5.97 Å². The van der Waals surface area contributed by atoms with Gasteiger partial charge in [-0.1, -0.05) is 5.21 Å². The van der Waals surface area contributed by atoms with Crippen molar-refractivity contribution in [2.24, 2.45) is 5.73 Å². The lowest BCUT2D eigenvalue weighted by molar-refractivity contribution is 0.0594. The highest BCUT2D eigenvalue weighted by Crippen LogP contribution is 2.02. The Morgan fingerprint density at radius 1 is 1.79 bits per heavy atom. The third kappa shape index (κ3) is 2.68. The molecule has 0 aromatic carbocycles. The molecule has 1 aromatic heterocycles. The molecule has 0 spiro atoms. The second-order valence-corrected chi connectivity index (χ2v) is 2.66. The van der Waals surface area contributed by atoms with Crippen LogP contribution in [0.2, 0.25) is 0 Å². The molecule has 0 unspecified atom stereocenters. The number of rotatable bonds is 3. The van der Waals surface area contributed by atoms with Crippen LogP contribution in [0.15, 0.2) is 6.20 Å². The van der Waals surface area contributed by atoms with Crippen molar-refractivity contribution in [2.75, 3.05) is 13.7 Å². The number of carbonyl (C=O) groups excluding carboxylic acids is 1. The summed E-state index contributed by atoms with van der Waals surface area (Å²) in [5, 5.41) is 7.38. The minimum Gasteiger partial charge on any atom is -0.464 e. The number of hydrogen-bond donors (Lipinski definition) is 1. The van der Waals surface area contributed by atoms with Crippen LogP contribution in [0.4, 0.5) is 0 Å². The van der Waals surface area contributed by atoms with Crippen molar-refractivity contribution in [1.29, 1.82) is 0 Å². The first-order chi connectivity index (χ1) is 6.19. The topological polar surface area (TPSA) is 83.0 Å². The van der Waals surface area contributed by atoms with Gasteiger partial charge in [0.2, 0.25) is 0 Å². The summed E-state index contributed by atoms with van der Waals surface area (Å²) in [5.41, 5.74) is 5.61. The van der Waals surface area contributed by atoms with Crippen molar-refractivity contribution in [3.63, 3.8) is 0 Å². The van der Waals surface area contributed by atoms with Gasteiger partial charge in [-0.2, -0.15) is 0 Å². The summed E-state index contributed by atoms with van der Waals surface area (Å²) in [4.78, 5) is 11.0. The smallest absolute Gasteiger partial charge is 0.360 e. The minimum absolute atomic E-state index is 0. The summed E-state index contributed by atoms with van der Waals surface area (Å²) in [7, 11) is 1.30. The Bertz CT molecular complexity index is 302. The fraction of sp³-hybridized carbons (Fsp3) is 0.571. The average molecular weight is 221 g/mol. The molecule has 1 atom stereocenters. The molecular formula is C7H13ClN4O2. The van der Waals surface area contributed by atoms with Crippen LogP contribution in [0.1, 0.15) is 23.5 Å². The summed E-state index contributed by atoms with van der Waals surface area (Å²) < 4.78 is 6.01. The number of esters is 1. The molecule has 0 fully saturated rings. The van der Waals surface area contributed by atoms with E-state index < -0.39 is 5.97 Å². The zero-order chi connectivity index (χ0) is 9.84. The molecule has 0 saturated heterocycles. The van der Waals surface area contributed by atoms with E-state index in [1.165, 1.54) is 18.0 Å². The maximum Gasteiger partial charge on any atom is 0.360 e. The fourth-order valence-corrected chi connectivity index (χ4v) is 0.798. The summed E-state index contributed by atoms with van der Waals surface area (Å²) in [6.45, 7) is 2.33. The summed E-state index contributed by atoms with van der Waals surface area (Å²) in [5.74, 6) is -0.490. The number of carbonyl (C=O) groups is 1. The lowest BCUT2D eigenvalue weighted by Gasteiger charge is -2.05. The van der Waals surface area contributed by atoms with Gasteiger partial charge in [0.15, 0.2) is 5.69 Å². The zero-order valence-electron chi connectivity index (χ0n) is 8.01. The molecule has 0 aliphatic rings. The molecule has 0 aliphatic heterocycles. The predicted molar refractivity (Wildman–Crippen MR) is 52.4 cm³/mol. The minimum atomic E-state index is -0.490. The van der Waals surface area contributed by atoms with Gasteiger partial charge in [-0.25, -0.2) is 9.48 Å². The van der Waals surface area contributed by atoms with Crippen LogP contribution in [0.25, 0.3) is 0 Å². The van der Waals surface area contributed by atoms with Gasteiger partial charge < -0.3 is 10.5 Å². The molecule has 7 heteroatoms. The number of nitrogens with two attached hydrogens (primary N) is 1. The van der Waals surface area contributed by atoms with Crippen molar-refractivity contribution in [3.8, 4) is 0 Å².